The number of hydrogen-bond donors (Lipinski definition) is 1. The Kier molecular flexibility index (Phi) is 3.84. The lowest BCUT2D eigenvalue weighted by molar-refractivity contribution is 0.0697. The lowest BCUT2D eigenvalue weighted by Crippen LogP contribution is -2.05. The molecule has 1 aromatic rings. The van der Waals surface area contributed by atoms with Gasteiger partial charge in [0.1, 0.15) is 0 Å². The summed E-state index contributed by atoms with van der Waals surface area (Å²) < 4.78 is 0. The maximum Gasteiger partial charge on any atom is 0.338 e. The van der Waals surface area contributed by atoms with Crippen LogP contribution in [0.2, 0.25) is 20.1 Å². The SMILES string of the molecule is O=[C]c1c(Cl)c(Cl)c(Cl)c(Cl)c1C(=O)O. The van der Waals surface area contributed by atoms with Crippen molar-refractivity contribution in [3.05, 3.63) is 31.2 Å². The van der Waals surface area contributed by atoms with Crippen molar-refractivity contribution in [2.75, 3.05) is 0 Å². The van der Waals surface area contributed by atoms with E-state index in [1.165, 1.54) is 6.29 Å². The monoisotopic (exact) mass is 285 g/mol. The van der Waals surface area contributed by atoms with E-state index in [0.717, 1.165) is 0 Å². The molecule has 0 fully saturated rings. The number of carboxylic acid groups (broad SMARTS) is 1. The Bertz CT molecular complexity index is 456. The highest BCUT2D eigenvalue weighted by Gasteiger charge is 2.24. The predicted molar refractivity (Wildman–Crippen MR) is 58.2 cm³/mol. The van der Waals surface area contributed by atoms with Crippen LogP contribution in [0.1, 0.15) is 15.9 Å². The van der Waals surface area contributed by atoms with Crippen molar-refractivity contribution in [2.45, 2.75) is 0 Å². The van der Waals surface area contributed by atoms with Crippen LogP contribution >= 0.6 is 46.4 Å². The molecular weight excluding hydrogens is 286 g/mol. The third-order valence-corrected chi connectivity index (χ3v) is 3.39. The first-order valence-electron chi connectivity index (χ1n) is 3.39. The van der Waals surface area contributed by atoms with Crippen molar-refractivity contribution in [1.29, 1.82) is 0 Å². The number of halogens is 4. The zero-order valence-electron chi connectivity index (χ0n) is 6.78. The van der Waals surface area contributed by atoms with Gasteiger partial charge >= 0.3 is 5.97 Å². The van der Waals surface area contributed by atoms with Gasteiger partial charge in [-0.25, -0.2) is 4.79 Å². The zero-order chi connectivity index (χ0) is 11.7. The molecule has 0 aliphatic carbocycles. The summed E-state index contributed by atoms with van der Waals surface area (Å²) in [6.45, 7) is 0. The van der Waals surface area contributed by atoms with E-state index in [2.05, 4.69) is 0 Å². The van der Waals surface area contributed by atoms with Gasteiger partial charge in [-0.3, -0.25) is 4.79 Å². The van der Waals surface area contributed by atoms with Crippen molar-refractivity contribution in [3.63, 3.8) is 0 Å². The van der Waals surface area contributed by atoms with Crippen molar-refractivity contribution in [2.24, 2.45) is 0 Å². The Morgan fingerprint density at radius 3 is 1.87 bits per heavy atom. The lowest BCUT2D eigenvalue weighted by Gasteiger charge is -2.08. The maximum absolute atomic E-state index is 10.8. The van der Waals surface area contributed by atoms with E-state index >= 15 is 0 Å². The number of rotatable bonds is 2. The average Bonchev–Trinajstić information content (AvgIpc) is 2.19. The highest BCUT2D eigenvalue weighted by Crippen LogP contribution is 2.40. The fraction of sp³-hybridized carbons (Fsp3) is 0. The second kappa shape index (κ2) is 4.58. The van der Waals surface area contributed by atoms with Crippen molar-refractivity contribution < 1.29 is 14.7 Å². The lowest BCUT2D eigenvalue weighted by atomic mass is 10.1. The molecule has 0 aromatic heterocycles. The predicted octanol–water partition coefficient (Wildman–Crippen LogP) is 3.46. The Labute approximate surface area is 104 Å². The van der Waals surface area contributed by atoms with E-state index in [0.29, 0.717) is 0 Å². The third-order valence-electron chi connectivity index (χ3n) is 1.58. The number of hydrogen-bond acceptors (Lipinski definition) is 2. The first kappa shape index (κ1) is 12.6. The van der Waals surface area contributed by atoms with E-state index in [4.69, 9.17) is 51.5 Å². The van der Waals surface area contributed by atoms with Crippen LogP contribution in [-0.4, -0.2) is 17.4 Å². The summed E-state index contributed by atoms with van der Waals surface area (Å²) in [6, 6.07) is 0. The largest absolute Gasteiger partial charge is 0.478 e. The summed E-state index contributed by atoms with van der Waals surface area (Å²) in [5, 5.41) is 7.80. The number of aromatic carboxylic acids is 1. The van der Waals surface area contributed by atoms with Crippen LogP contribution in [0.15, 0.2) is 0 Å². The molecule has 0 bridgehead atoms. The van der Waals surface area contributed by atoms with Crippen LogP contribution in [0.3, 0.4) is 0 Å². The number of carboxylic acids is 1. The fourth-order valence-electron chi connectivity index (χ4n) is 0.928. The minimum Gasteiger partial charge on any atom is -0.478 e. The molecule has 0 aliphatic heterocycles. The first-order valence-corrected chi connectivity index (χ1v) is 4.90. The fourth-order valence-corrected chi connectivity index (χ4v) is 1.90. The molecule has 0 unspecified atom stereocenters. The summed E-state index contributed by atoms with van der Waals surface area (Å²) in [7, 11) is 0. The normalized spacial score (nSPS) is 10.1. The van der Waals surface area contributed by atoms with Gasteiger partial charge in [0.25, 0.3) is 0 Å². The Balaban J connectivity index is 3.78. The van der Waals surface area contributed by atoms with Gasteiger partial charge in [0, 0.05) is 0 Å². The molecule has 0 atom stereocenters. The van der Waals surface area contributed by atoms with Gasteiger partial charge in [0.2, 0.25) is 6.29 Å². The molecule has 0 saturated heterocycles. The quantitative estimate of drug-likeness (QED) is 0.669. The highest BCUT2D eigenvalue weighted by atomic mass is 35.5. The molecule has 0 aliphatic rings. The van der Waals surface area contributed by atoms with Crippen LogP contribution in [0, 0.1) is 0 Å². The Morgan fingerprint density at radius 2 is 1.47 bits per heavy atom. The smallest absolute Gasteiger partial charge is 0.338 e. The van der Waals surface area contributed by atoms with Crippen LogP contribution in [0.25, 0.3) is 0 Å². The standard InChI is InChI=1S/C8HCl4O3/c9-4-2(1-13)3(8(14)15)5(10)7(12)6(4)11/h(H,14,15). The average molecular weight is 287 g/mol. The van der Waals surface area contributed by atoms with Gasteiger partial charge in [0.05, 0.1) is 31.2 Å². The third kappa shape index (κ3) is 2.06. The molecule has 1 rings (SSSR count). The molecule has 1 aromatic carbocycles. The van der Waals surface area contributed by atoms with Crippen LogP contribution in [-0.2, 0) is 4.79 Å². The second-order valence-corrected chi connectivity index (χ2v) is 3.93. The molecule has 0 amide bonds. The molecule has 3 nitrogen and oxygen atoms in total. The van der Waals surface area contributed by atoms with Gasteiger partial charge in [-0.2, -0.15) is 0 Å². The van der Waals surface area contributed by atoms with Crippen molar-refractivity contribution in [3.8, 4) is 0 Å². The summed E-state index contributed by atoms with van der Waals surface area (Å²) in [5.41, 5.74) is -0.922. The van der Waals surface area contributed by atoms with Crippen LogP contribution < -0.4 is 0 Å². The van der Waals surface area contributed by atoms with E-state index < -0.39 is 17.1 Å². The van der Waals surface area contributed by atoms with E-state index in [9.17, 15) is 9.59 Å². The van der Waals surface area contributed by atoms with Gasteiger partial charge in [-0.05, 0) is 0 Å². The molecule has 1 N–H and O–H groups in total. The summed E-state index contributed by atoms with van der Waals surface area (Å²) in [5.74, 6) is -1.43. The van der Waals surface area contributed by atoms with Gasteiger partial charge in [-0.15, -0.1) is 0 Å². The van der Waals surface area contributed by atoms with Gasteiger partial charge < -0.3 is 5.11 Å². The molecular formula is C8HCl4O3. The van der Waals surface area contributed by atoms with Crippen LogP contribution in [0.5, 0.6) is 0 Å². The number of carbonyl (C=O) groups is 1. The summed E-state index contributed by atoms with van der Waals surface area (Å²) >= 11 is 22.5. The minimum atomic E-state index is -1.43. The van der Waals surface area contributed by atoms with Crippen molar-refractivity contribution >= 4 is 58.7 Å². The highest BCUT2D eigenvalue weighted by molar-refractivity contribution is 6.53. The summed E-state index contributed by atoms with van der Waals surface area (Å²) in [6.07, 6.45) is 1.36. The molecule has 15 heavy (non-hydrogen) atoms. The van der Waals surface area contributed by atoms with Gasteiger partial charge in [-0.1, -0.05) is 46.4 Å². The molecule has 0 spiro atoms. The second-order valence-electron chi connectivity index (χ2n) is 2.41. The number of benzene rings is 1. The van der Waals surface area contributed by atoms with Crippen molar-refractivity contribution in [1.82, 2.24) is 0 Å². The van der Waals surface area contributed by atoms with Gasteiger partial charge in [0.15, 0.2) is 0 Å². The van der Waals surface area contributed by atoms with E-state index in [1.807, 2.05) is 0 Å². The minimum absolute atomic E-state index is 0.174. The molecule has 0 heterocycles. The molecule has 1 radical (unpaired) electrons. The maximum atomic E-state index is 10.8. The first-order chi connectivity index (χ1) is 6.91. The molecule has 7 heteroatoms. The number of carbonyl (C=O) groups excluding carboxylic acids is 1. The topological polar surface area (TPSA) is 54.4 Å². The van der Waals surface area contributed by atoms with E-state index in [1.54, 1.807) is 0 Å². The molecule has 79 valence electrons. The summed E-state index contributed by atoms with van der Waals surface area (Å²) in [4.78, 5) is 21.3. The Hall–Kier alpha value is -0.480. The van der Waals surface area contributed by atoms with Crippen LogP contribution in [0.4, 0.5) is 0 Å². The Morgan fingerprint density at radius 1 is 1.00 bits per heavy atom. The molecule has 0 saturated carbocycles. The van der Waals surface area contributed by atoms with E-state index in [-0.39, 0.29) is 20.1 Å². The zero-order valence-corrected chi connectivity index (χ0v) is 9.80.